The molecule has 2 fully saturated rings. The molecular formula is C19H27ClN2O4. The molecule has 0 radical (unpaired) electrons. The number of methoxy groups -OCH3 is 1. The maximum absolute atomic E-state index is 12.7. The van der Waals surface area contributed by atoms with Gasteiger partial charge in [0.2, 0.25) is 5.91 Å². The molecule has 7 heteroatoms. The van der Waals surface area contributed by atoms with E-state index in [9.17, 15) is 14.7 Å². The number of hydrogen-bond donors (Lipinski definition) is 2. The number of rotatable bonds is 6. The van der Waals surface area contributed by atoms with Crippen LogP contribution in [0.25, 0.3) is 0 Å². The molecule has 3 atom stereocenters. The quantitative estimate of drug-likeness (QED) is 0.790. The Morgan fingerprint density at radius 3 is 2.62 bits per heavy atom. The largest absolute Gasteiger partial charge is 0.497 e. The molecule has 1 saturated heterocycles. The van der Waals surface area contributed by atoms with Gasteiger partial charge in [0.25, 0.3) is 0 Å². The third kappa shape index (κ3) is 3.67. The molecule has 2 N–H and O–H groups in total. The Balaban J connectivity index is 0.00000243. The Hall–Kier alpha value is -1.79. The number of nitrogens with one attached hydrogen (secondary N) is 1. The van der Waals surface area contributed by atoms with Crippen LogP contribution in [0.3, 0.4) is 0 Å². The van der Waals surface area contributed by atoms with E-state index in [0.29, 0.717) is 19.5 Å². The van der Waals surface area contributed by atoms with Crippen molar-refractivity contribution in [3.8, 4) is 5.75 Å². The van der Waals surface area contributed by atoms with Crippen LogP contribution in [0.4, 0.5) is 5.69 Å². The van der Waals surface area contributed by atoms with Crippen LogP contribution in [-0.2, 0) is 9.59 Å². The molecule has 1 aliphatic carbocycles. The van der Waals surface area contributed by atoms with E-state index in [-0.39, 0.29) is 30.3 Å². The van der Waals surface area contributed by atoms with Gasteiger partial charge in [0.1, 0.15) is 5.75 Å². The zero-order valence-corrected chi connectivity index (χ0v) is 16.1. The molecule has 1 aromatic carbocycles. The molecule has 1 aliphatic heterocycles. The first-order valence-corrected chi connectivity index (χ1v) is 8.92. The van der Waals surface area contributed by atoms with Crippen LogP contribution in [-0.4, -0.2) is 48.1 Å². The third-order valence-electron chi connectivity index (χ3n) is 5.81. The molecule has 1 amide bonds. The van der Waals surface area contributed by atoms with Crippen LogP contribution in [0.15, 0.2) is 24.3 Å². The van der Waals surface area contributed by atoms with Gasteiger partial charge in [0.05, 0.1) is 18.6 Å². The summed E-state index contributed by atoms with van der Waals surface area (Å²) in [5.74, 6) is 0.115. The molecule has 1 heterocycles. The summed E-state index contributed by atoms with van der Waals surface area (Å²) in [4.78, 5) is 26.7. The summed E-state index contributed by atoms with van der Waals surface area (Å²) in [5, 5.41) is 12.7. The number of benzene rings is 1. The highest BCUT2D eigenvalue weighted by Gasteiger charge is 2.56. The minimum atomic E-state index is -0.706. The fraction of sp³-hybridized carbons (Fsp3) is 0.579. The SMILES string of the molecule is CCC(C(=O)Nc1ccc(OC)cc1)N1C[C@@H]2CCC[C@@]2(C(=O)O)C1.Cl. The third-order valence-corrected chi connectivity index (χ3v) is 5.81. The van der Waals surface area contributed by atoms with Crippen molar-refractivity contribution in [2.45, 2.75) is 38.6 Å². The van der Waals surface area contributed by atoms with Gasteiger partial charge in [-0.15, -0.1) is 12.4 Å². The smallest absolute Gasteiger partial charge is 0.311 e. The number of carboxylic acids is 1. The molecule has 1 aromatic rings. The number of anilines is 1. The predicted molar refractivity (Wildman–Crippen MR) is 102 cm³/mol. The molecule has 2 aliphatic rings. The first kappa shape index (κ1) is 20.5. The Labute approximate surface area is 160 Å². The van der Waals surface area contributed by atoms with Crippen LogP contribution in [0.1, 0.15) is 32.6 Å². The zero-order valence-electron chi connectivity index (χ0n) is 15.2. The standard InChI is InChI=1S/C19H26N2O4.ClH/c1-3-16(17(22)20-14-6-8-15(25-2)9-7-14)21-11-13-5-4-10-19(13,12-21)18(23)24;/h6-9,13,16H,3-5,10-12H2,1-2H3,(H,20,22)(H,23,24);1H/t13-,16?,19+;/m0./s1. The number of amides is 1. The minimum absolute atomic E-state index is 0. The average Bonchev–Trinajstić information content (AvgIpc) is 3.14. The van der Waals surface area contributed by atoms with E-state index in [1.807, 2.05) is 6.92 Å². The van der Waals surface area contributed by atoms with Crippen molar-refractivity contribution in [3.63, 3.8) is 0 Å². The molecule has 26 heavy (non-hydrogen) atoms. The first-order valence-electron chi connectivity index (χ1n) is 8.92. The number of halogens is 1. The van der Waals surface area contributed by atoms with Crippen molar-refractivity contribution in [2.24, 2.45) is 11.3 Å². The number of carbonyl (C=O) groups excluding carboxylic acids is 1. The molecule has 3 rings (SSSR count). The molecule has 1 unspecified atom stereocenters. The monoisotopic (exact) mass is 382 g/mol. The Kier molecular flexibility index (Phi) is 6.53. The number of aliphatic carboxylic acids is 1. The van der Waals surface area contributed by atoms with Gasteiger partial charge in [-0.3, -0.25) is 14.5 Å². The molecule has 0 aromatic heterocycles. The topological polar surface area (TPSA) is 78.9 Å². The van der Waals surface area contributed by atoms with E-state index >= 15 is 0 Å². The molecule has 0 spiro atoms. The number of carbonyl (C=O) groups is 2. The predicted octanol–water partition coefficient (Wildman–Crippen LogP) is 3.02. The summed E-state index contributed by atoms with van der Waals surface area (Å²) in [6.45, 7) is 3.14. The molecule has 6 nitrogen and oxygen atoms in total. The number of nitrogens with zero attached hydrogens (tertiary/aromatic N) is 1. The van der Waals surface area contributed by atoms with Crippen LogP contribution < -0.4 is 10.1 Å². The fourth-order valence-electron chi connectivity index (χ4n) is 4.42. The number of hydrogen-bond acceptors (Lipinski definition) is 4. The number of likely N-dealkylation sites (tertiary alicyclic amines) is 1. The number of ether oxygens (including phenoxy) is 1. The lowest BCUT2D eigenvalue weighted by Crippen LogP contribution is -2.44. The van der Waals surface area contributed by atoms with E-state index in [4.69, 9.17) is 4.74 Å². The fourth-order valence-corrected chi connectivity index (χ4v) is 4.42. The normalized spacial score (nSPS) is 25.8. The average molecular weight is 383 g/mol. The van der Waals surface area contributed by atoms with Gasteiger partial charge in [0, 0.05) is 18.8 Å². The Bertz CT molecular complexity index is 651. The molecule has 1 saturated carbocycles. The number of carboxylic acid groups (broad SMARTS) is 1. The van der Waals surface area contributed by atoms with Gasteiger partial charge >= 0.3 is 5.97 Å². The van der Waals surface area contributed by atoms with Crippen molar-refractivity contribution in [3.05, 3.63) is 24.3 Å². The lowest BCUT2D eigenvalue weighted by Gasteiger charge is -2.28. The van der Waals surface area contributed by atoms with Crippen molar-refractivity contribution < 1.29 is 19.4 Å². The number of fused-ring (bicyclic) bond motifs is 1. The van der Waals surface area contributed by atoms with Crippen LogP contribution in [0.5, 0.6) is 5.75 Å². The van der Waals surface area contributed by atoms with Gasteiger partial charge in [-0.2, -0.15) is 0 Å². The Morgan fingerprint density at radius 1 is 1.38 bits per heavy atom. The second-order valence-electron chi connectivity index (χ2n) is 7.12. The Morgan fingerprint density at radius 2 is 2.08 bits per heavy atom. The molecular weight excluding hydrogens is 356 g/mol. The van der Waals surface area contributed by atoms with Crippen LogP contribution >= 0.6 is 12.4 Å². The van der Waals surface area contributed by atoms with Gasteiger partial charge in [0.15, 0.2) is 0 Å². The maximum atomic E-state index is 12.7. The summed E-state index contributed by atoms with van der Waals surface area (Å²) in [6.07, 6.45) is 3.30. The zero-order chi connectivity index (χ0) is 18.0. The maximum Gasteiger partial charge on any atom is 0.311 e. The first-order chi connectivity index (χ1) is 12.0. The molecule has 144 valence electrons. The van der Waals surface area contributed by atoms with E-state index in [0.717, 1.165) is 30.7 Å². The van der Waals surface area contributed by atoms with Crippen LogP contribution in [0.2, 0.25) is 0 Å². The van der Waals surface area contributed by atoms with E-state index < -0.39 is 11.4 Å². The van der Waals surface area contributed by atoms with E-state index in [1.165, 1.54) is 0 Å². The van der Waals surface area contributed by atoms with Gasteiger partial charge < -0.3 is 15.2 Å². The van der Waals surface area contributed by atoms with Crippen molar-refractivity contribution >= 4 is 30.0 Å². The van der Waals surface area contributed by atoms with Crippen molar-refractivity contribution in [1.29, 1.82) is 0 Å². The van der Waals surface area contributed by atoms with Gasteiger partial charge in [-0.1, -0.05) is 13.3 Å². The van der Waals surface area contributed by atoms with Gasteiger partial charge in [-0.25, -0.2) is 0 Å². The highest BCUT2D eigenvalue weighted by molar-refractivity contribution is 5.95. The lowest BCUT2D eigenvalue weighted by atomic mass is 9.81. The van der Waals surface area contributed by atoms with Crippen molar-refractivity contribution in [1.82, 2.24) is 4.90 Å². The second-order valence-corrected chi connectivity index (χ2v) is 7.12. The van der Waals surface area contributed by atoms with E-state index in [2.05, 4.69) is 10.2 Å². The molecule has 0 bridgehead atoms. The summed E-state index contributed by atoms with van der Waals surface area (Å²) in [5.41, 5.74) is 0.0601. The highest BCUT2D eigenvalue weighted by atomic mass is 35.5. The summed E-state index contributed by atoms with van der Waals surface area (Å²) in [7, 11) is 1.60. The second kappa shape index (κ2) is 8.27. The summed E-state index contributed by atoms with van der Waals surface area (Å²) in [6, 6.07) is 6.91. The summed E-state index contributed by atoms with van der Waals surface area (Å²) >= 11 is 0. The van der Waals surface area contributed by atoms with E-state index in [1.54, 1.807) is 31.4 Å². The van der Waals surface area contributed by atoms with Crippen LogP contribution in [0, 0.1) is 11.3 Å². The highest BCUT2D eigenvalue weighted by Crippen LogP contribution is 2.49. The summed E-state index contributed by atoms with van der Waals surface area (Å²) < 4.78 is 5.12. The van der Waals surface area contributed by atoms with Crippen molar-refractivity contribution in [2.75, 3.05) is 25.5 Å². The minimum Gasteiger partial charge on any atom is -0.497 e. The lowest BCUT2D eigenvalue weighted by molar-refractivity contribution is -0.149. The van der Waals surface area contributed by atoms with Gasteiger partial charge in [-0.05, 0) is 49.4 Å².